The lowest BCUT2D eigenvalue weighted by Crippen LogP contribution is -2.49. The van der Waals surface area contributed by atoms with Crippen molar-refractivity contribution in [3.05, 3.63) is 23.8 Å². The third-order valence-corrected chi connectivity index (χ3v) is 7.07. The topological polar surface area (TPSA) is 73.6 Å². The first-order valence-corrected chi connectivity index (χ1v) is 11.0. The lowest BCUT2D eigenvalue weighted by molar-refractivity contribution is -0.128. The van der Waals surface area contributed by atoms with Gasteiger partial charge in [0.05, 0.1) is 13.2 Å². The van der Waals surface area contributed by atoms with E-state index in [1.165, 1.54) is 32.1 Å². The number of hydrogen-bond donors (Lipinski definition) is 2. The SMILES string of the molecule is COc1ccc(CNC(=O)C2CC3CCCC(C2)C3N)cc1OC1CCCC1.Cl. The summed E-state index contributed by atoms with van der Waals surface area (Å²) in [5.74, 6) is 2.89. The molecule has 1 aromatic rings. The van der Waals surface area contributed by atoms with Crippen molar-refractivity contribution in [1.29, 1.82) is 0 Å². The molecular formula is C23H35ClN2O3. The Morgan fingerprint density at radius 1 is 1.07 bits per heavy atom. The first-order valence-electron chi connectivity index (χ1n) is 11.0. The Kier molecular flexibility index (Phi) is 7.69. The number of rotatable bonds is 6. The minimum absolute atomic E-state index is 0. The van der Waals surface area contributed by atoms with Crippen molar-refractivity contribution < 1.29 is 14.3 Å². The number of fused-ring (bicyclic) bond motifs is 2. The van der Waals surface area contributed by atoms with Gasteiger partial charge in [-0.3, -0.25) is 4.79 Å². The van der Waals surface area contributed by atoms with E-state index in [0.717, 1.165) is 42.7 Å². The van der Waals surface area contributed by atoms with Crippen LogP contribution >= 0.6 is 12.4 Å². The van der Waals surface area contributed by atoms with Crippen molar-refractivity contribution in [3.63, 3.8) is 0 Å². The van der Waals surface area contributed by atoms with Crippen molar-refractivity contribution >= 4 is 18.3 Å². The van der Waals surface area contributed by atoms with Crippen LogP contribution in [0.25, 0.3) is 0 Å². The first-order chi connectivity index (χ1) is 13.6. The average molecular weight is 423 g/mol. The third kappa shape index (κ3) is 5.18. The largest absolute Gasteiger partial charge is 0.493 e. The second-order valence-electron chi connectivity index (χ2n) is 8.92. The van der Waals surface area contributed by atoms with Gasteiger partial charge in [-0.15, -0.1) is 12.4 Å². The normalized spacial score (nSPS) is 29.0. The second kappa shape index (κ2) is 10.0. The lowest BCUT2D eigenvalue weighted by Gasteiger charge is -2.43. The first kappa shape index (κ1) is 22.2. The highest BCUT2D eigenvalue weighted by molar-refractivity contribution is 5.85. The van der Waals surface area contributed by atoms with Crippen molar-refractivity contribution in [2.24, 2.45) is 23.5 Å². The van der Waals surface area contributed by atoms with E-state index in [0.29, 0.717) is 24.4 Å². The van der Waals surface area contributed by atoms with Gasteiger partial charge in [-0.05, 0) is 80.9 Å². The summed E-state index contributed by atoms with van der Waals surface area (Å²) in [6, 6.07) is 6.26. The number of ether oxygens (including phenoxy) is 2. The molecule has 1 aromatic carbocycles. The van der Waals surface area contributed by atoms with Crippen LogP contribution in [0.5, 0.6) is 11.5 Å². The van der Waals surface area contributed by atoms with Gasteiger partial charge in [-0.2, -0.15) is 0 Å². The van der Waals surface area contributed by atoms with Crippen LogP contribution in [0.2, 0.25) is 0 Å². The molecule has 2 bridgehead atoms. The molecule has 5 nitrogen and oxygen atoms in total. The molecule has 2 unspecified atom stereocenters. The van der Waals surface area contributed by atoms with Crippen LogP contribution in [0, 0.1) is 17.8 Å². The summed E-state index contributed by atoms with van der Waals surface area (Å²) in [4.78, 5) is 12.8. The van der Waals surface area contributed by atoms with Crippen molar-refractivity contribution in [2.45, 2.75) is 76.5 Å². The van der Waals surface area contributed by atoms with E-state index in [1.807, 2.05) is 18.2 Å². The molecule has 3 saturated carbocycles. The molecular weight excluding hydrogens is 388 g/mol. The van der Waals surface area contributed by atoms with E-state index in [-0.39, 0.29) is 30.3 Å². The molecule has 0 spiro atoms. The Bertz CT molecular complexity index is 679. The second-order valence-corrected chi connectivity index (χ2v) is 8.92. The van der Waals surface area contributed by atoms with Gasteiger partial charge in [0.25, 0.3) is 0 Å². The number of benzene rings is 1. The van der Waals surface area contributed by atoms with Crippen LogP contribution < -0.4 is 20.5 Å². The van der Waals surface area contributed by atoms with Gasteiger partial charge < -0.3 is 20.5 Å². The maximum Gasteiger partial charge on any atom is 0.223 e. The minimum atomic E-state index is 0. The quantitative estimate of drug-likeness (QED) is 0.720. The number of halogens is 1. The zero-order valence-electron chi connectivity index (χ0n) is 17.4. The van der Waals surface area contributed by atoms with E-state index in [9.17, 15) is 4.79 Å². The molecule has 0 aliphatic heterocycles. The summed E-state index contributed by atoms with van der Waals surface area (Å²) in [6.45, 7) is 0.530. The highest BCUT2D eigenvalue weighted by atomic mass is 35.5. The molecule has 0 aromatic heterocycles. The number of carbonyl (C=O) groups is 1. The lowest BCUT2D eigenvalue weighted by atomic mass is 9.65. The zero-order chi connectivity index (χ0) is 19.5. The molecule has 4 rings (SSSR count). The summed E-state index contributed by atoms with van der Waals surface area (Å²) in [7, 11) is 1.67. The summed E-state index contributed by atoms with van der Waals surface area (Å²) < 4.78 is 11.6. The highest BCUT2D eigenvalue weighted by Crippen LogP contribution is 2.42. The Hall–Kier alpha value is -1.46. The van der Waals surface area contributed by atoms with Gasteiger partial charge in [0.2, 0.25) is 5.91 Å². The Morgan fingerprint density at radius 2 is 1.76 bits per heavy atom. The summed E-state index contributed by atoms with van der Waals surface area (Å²) in [6.07, 6.45) is 10.5. The number of methoxy groups -OCH3 is 1. The standard InChI is InChI=1S/C23H34N2O3.ClH/c1-27-20-10-9-15(11-21(20)28-19-7-2-3-8-19)14-25-23(26)18-12-16-5-4-6-17(13-18)22(16)24;/h9-11,16-19,22H,2-8,12-14,24H2,1H3,(H,25,26);1H. The van der Waals surface area contributed by atoms with E-state index in [4.69, 9.17) is 15.2 Å². The average Bonchev–Trinajstić information content (AvgIpc) is 3.19. The van der Waals surface area contributed by atoms with Gasteiger partial charge in [0, 0.05) is 18.5 Å². The van der Waals surface area contributed by atoms with Gasteiger partial charge in [0.15, 0.2) is 11.5 Å². The van der Waals surface area contributed by atoms with Gasteiger partial charge in [-0.1, -0.05) is 12.5 Å². The molecule has 3 aliphatic carbocycles. The zero-order valence-corrected chi connectivity index (χ0v) is 18.2. The van der Waals surface area contributed by atoms with Gasteiger partial charge in [-0.25, -0.2) is 0 Å². The van der Waals surface area contributed by atoms with Gasteiger partial charge >= 0.3 is 0 Å². The smallest absolute Gasteiger partial charge is 0.223 e. The highest BCUT2D eigenvalue weighted by Gasteiger charge is 2.40. The van der Waals surface area contributed by atoms with Crippen LogP contribution in [0.4, 0.5) is 0 Å². The fourth-order valence-electron chi connectivity index (χ4n) is 5.45. The number of amides is 1. The van der Waals surface area contributed by atoms with E-state index in [1.54, 1.807) is 7.11 Å². The fraction of sp³-hybridized carbons (Fsp3) is 0.696. The summed E-state index contributed by atoms with van der Waals surface area (Å²) in [5.41, 5.74) is 7.42. The molecule has 6 heteroatoms. The van der Waals surface area contributed by atoms with Crippen molar-refractivity contribution in [2.75, 3.05) is 7.11 Å². The van der Waals surface area contributed by atoms with E-state index < -0.39 is 0 Å². The molecule has 1 amide bonds. The van der Waals surface area contributed by atoms with Crippen LogP contribution in [-0.2, 0) is 11.3 Å². The molecule has 3 N–H and O–H groups in total. The van der Waals surface area contributed by atoms with E-state index >= 15 is 0 Å². The fourth-order valence-corrected chi connectivity index (χ4v) is 5.45. The number of nitrogens with one attached hydrogen (secondary N) is 1. The van der Waals surface area contributed by atoms with E-state index in [2.05, 4.69) is 5.32 Å². The molecule has 2 atom stereocenters. The van der Waals surface area contributed by atoms with Crippen molar-refractivity contribution in [3.8, 4) is 11.5 Å². The van der Waals surface area contributed by atoms with Crippen LogP contribution in [-0.4, -0.2) is 25.2 Å². The van der Waals surface area contributed by atoms with Crippen LogP contribution in [0.15, 0.2) is 18.2 Å². The van der Waals surface area contributed by atoms with Crippen molar-refractivity contribution in [1.82, 2.24) is 5.32 Å². The predicted molar refractivity (Wildman–Crippen MR) is 117 cm³/mol. The monoisotopic (exact) mass is 422 g/mol. The summed E-state index contributed by atoms with van der Waals surface area (Å²) >= 11 is 0. The number of hydrogen-bond acceptors (Lipinski definition) is 4. The number of carbonyl (C=O) groups excluding carboxylic acids is 1. The Labute approximate surface area is 180 Å². The summed E-state index contributed by atoms with van der Waals surface area (Å²) in [5, 5.41) is 3.16. The minimum Gasteiger partial charge on any atom is -0.493 e. The molecule has 0 saturated heterocycles. The number of nitrogens with two attached hydrogens (primary N) is 1. The molecule has 3 aliphatic rings. The predicted octanol–water partition coefficient (Wildman–Crippen LogP) is 4.21. The maximum atomic E-state index is 12.8. The van der Waals surface area contributed by atoms with Crippen LogP contribution in [0.1, 0.15) is 63.4 Å². The Morgan fingerprint density at radius 3 is 2.41 bits per heavy atom. The third-order valence-electron chi connectivity index (χ3n) is 7.07. The molecule has 0 heterocycles. The van der Waals surface area contributed by atoms with Gasteiger partial charge in [0.1, 0.15) is 0 Å². The molecule has 3 fully saturated rings. The molecule has 29 heavy (non-hydrogen) atoms. The van der Waals surface area contributed by atoms with Crippen LogP contribution in [0.3, 0.4) is 0 Å². The Balaban J connectivity index is 0.00000240. The maximum absolute atomic E-state index is 12.8. The molecule has 0 radical (unpaired) electrons. The molecule has 162 valence electrons.